The Labute approximate surface area is 150 Å². The van der Waals surface area contributed by atoms with Crippen molar-refractivity contribution in [1.82, 2.24) is 5.32 Å². The van der Waals surface area contributed by atoms with Crippen LogP contribution in [-0.2, 0) is 13.1 Å². The van der Waals surface area contributed by atoms with E-state index < -0.39 is 0 Å². The Balaban J connectivity index is 0.00000208. The summed E-state index contributed by atoms with van der Waals surface area (Å²) >= 11 is 0. The lowest BCUT2D eigenvalue weighted by molar-refractivity contribution is 0.336. The van der Waals surface area contributed by atoms with E-state index in [4.69, 9.17) is 4.74 Å². The highest BCUT2D eigenvalue weighted by Crippen LogP contribution is 2.28. The number of benzene rings is 3. The summed E-state index contributed by atoms with van der Waals surface area (Å²) in [5, 5.41) is 6.06. The quantitative estimate of drug-likeness (QED) is 0.660. The Morgan fingerprint density at radius 1 is 0.875 bits per heavy atom. The molecule has 0 atom stereocenters. The van der Waals surface area contributed by atoms with Gasteiger partial charge in [0.25, 0.3) is 0 Å². The summed E-state index contributed by atoms with van der Waals surface area (Å²) in [6, 6.07) is 21.3. The van der Waals surface area contributed by atoms with E-state index in [9.17, 15) is 0 Å². The normalized spacial score (nSPS) is 10.4. The van der Waals surface area contributed by atoms with E-state index in [1.54, 1.807) is 0 Å². The van der Waals surface area contributed by atoms with E-state index in [-0.39, 0.29) is 12.4 Å². The van der Waals surface area contributed by atoms with Gasteiger partial charge in [-0.25, -0.2) is 0 Å². The third-order valence-corrected chi connectivity index (χ3v) is 4.05. The van der Waals surface area contributed by atoms with Crippen LogP contribution in [0, 0.1) is 6.92 Å². The van der Waals surface area contributed by atoms with Crippen LogP contribution in [0.2, 0.25) is 0 Å². The van der Waals surface area contributed by atoms with E-state index in [0.717, 1.165) is 18.8 Å². The highest BCUT2D eigenvalue weighted by molar-refractivity contribution is 5.87. The smallest absolute Gasteiger partial charge is 0.124 e. The van der Waals surface area contributed by atoms with Gasteiger partial charge in [0.1, 0.15) is 5.75 Å². The molecule has 3 aromatic rings. The highest BCUT2D eigenvalue weighted by Gasteiger charge is 2.08. The molecular formula is C21H24ClNO. The second-order valence-corrected chi connectivity index (χ2v) is 5.79. The molecule has 0 unspecified atom stereocenters. The molecule has 0 aliphatic carbocycles. The van der Waals surface area contributed by atoms with Crippen molar-refractivity contribution in [2.45, 2.75) is 26.9 Å². The van der Waals surface area contributed by atoms with Crippen molar-refractivity contribution in [2.75, 3.05) is 6.61 Å². The molecule has 0 radical (unpaired) electrons. The van der Waals surface area contributed by atoms with Crippen LogP contribution in [-0.4, -0.2) is 6.61 Å². The molecule has 24 heavy (non-hydrogen) atoms. The number of ether oxygens (including phenoxy) is 1. The van der Waals surface area contributed by atoms with Crippen LogP contribution in [0.4, 0.5) is 0 Å². The van der Waals surface area contributed by atoms with Crippen molar-refractivity contribution < 1.29 is 4.74 Å². The molecule has 0 heterocycles. The van der Waals surface area contributed by atoms with E-state index in [1.807, 2.05) is 6.92 Å². The van der Waals surface area contributed by atoms with Gasteiger partial charge in [-0.15, -0.1) is 12.4 Å². The van der Waals surface area contributed by atoms with Crippen LogP contribution in [0.5, 0.6) is 5.75 Å². The zero-order valence-electron chi connectivity index (χ0n) is 14.2. The summed E-state index contributed by atoms with van der Waals surface area (Å²) in [6.07, 6.45) is 0. The van der Waals surface area contributed by atoms with E-state index >= 15 is 0 Å². The van der Waals surface area contributed by atoms with Gasteiger partial charge in [-0.1, -0.05) is 60.2 Å². The number of nitrogens with one attached hydrogen (secondary N) is 1. The van der Waals surface area contributed by atoms with Crippen LogP contribution in [0.15, 0.2) is 60.7 Å². The molecule has 0 aliphatic heterocycles. The summed E-state index contributed by atoms with van der Waals surface area (Å²) in [5.41, 5.74) is 3.83. The predicted octanol–water partition coefficient (Wildman–Crippen LogP) is 5.26. The first-order valence-corrected chi connectivity index (χ1v) is 8.17. The number of aryl methyl sites for hydroxylation is 1. The Hall–Kier alpha value is -2.03. The predicted molar refractivity (Wildman–Crippen MR) is 104 cm³/mol. The van der Waals surface area contributed by atoms with Crippen molar-refractivity contribution >= 4 is 23.2 Å². The molecule has 0 saturated carbocycles. The molecule has 0 saturated heterocycles. The second kappa shape index (κ2) is 8.72. The molecule has 2 nitrogen and oxygen atoms in total. The molecule has 1 N–H and O–H groups in total. The van der Waals surface area contributed by atoms with Crippen molar-refractivity contribution in [2.24, 2.45) is 0 Å². The first kappa shape index (κ1) is 18.3. The third-order valence-electron chi connectivity index (χ3n) is 4.05. The largest absolute Gasteiger partial charge is 0.494 e. The van der Waals surface area contributed by atoms with Crippen molar-refractivity contribution in [3.8, 4) is 5.75 Å². The number of halogens is 1. The van der Waals surface area contributed by atoms with Gasteiger partial charge in [0, 0.05) is 18.7 Å². The lowest BCUT2D eigenvalue weighted by Crippen LogP contribution is -2.14. The zero-order valence-corrected chi connectivity index (χ0v) is 15.0. The number of fused-ring (bicyclic) bond motifs is 1. The summed E-state index contributed by atoms with van der Waals surface area (Å²) in [5.74, 6) is 0.975. The van der Waals surface area contributed by atoms with E-state index in [2.05, 4.69) is 72.9 Å². The van der Waals surface area contributed by atoms with Crippen LogP contribution >= 0.6 is 12.4 Å². The van der Waals surface area contributed by atoms with Gasteiger partial charge in [0.15, 0.2) is 0 Å². The average molecular weight is 342 g/mol. The lowest BCUT2D eigenvalue weighted by atomic mass is 10.0. The zero-order chi connectivity index (χ0) is 16.1. The number of hydrogen-bond donors (Lipinski definition) is 1. The SMILES string of the molecule is CCOc1ccc2ccccc2c1CNCc1ccc(C)cc1.Cl. The molecule has 3 heteroatoms. The number of rotatable bonds is 6. The van der Waals surface area contributed by atoms with Gasteiger partial charge in [0.05, 0.1) is 6.61 Å². The van der Waals surface area contributed by atoms with Crippen LogP contribution < -0.4 is 10.1 Å². The summed E-state index contributed by atoms with van der Waals surface area (Å²) < 4.78 is 5.82. The van der Waals surface area contributed by atoms with Gasteiger partial charge in [-0.2, -0.15) is 0 Å². The fraction of sp³-hybridized carbons (Fsp3) is 0.238. The van der Waals surface area contributed by atoms with Gasteiger partial charge in [-0.05, 0) is 36.2 Å². The molecule has 0 spiro atoms. The third kappa shape index (κ3) is 4.28. The molecule has 3 aromatic carbocycles. The van der Waals surface area contributed by atoms with Crippen molar-refractivity contribution in [3.63, 3.8) is 0 Å². The Morgan fingerprint density at radius 2 is 1.62 bits per heavy atom. The summed E-state index contributed by atoms with van der Waals surface area (Å²) in [6.45, 7) is 6.48. The summed E-state index contributed by atoms with van der Waals surface area (Å²) in [4.78, 5) is 0. The molecule has 3 rings (SSSR count). The van der Waals surface area contributed by atoms with Crippen LogP contribution in [0.25, 0.3) is 10.8 Å². The lowest BCUT2D eigenvalue weighted by Gasteiger charge is -2.14. The summed E-state index contributed by atoms with van der Waals surface area (Å²) in [7, 11) is 0. The Morgan fingerprint density at radius 3 is 2.38 bits per heavy atom. The maximum atomic E-state index is 5.82. The maximum Gasteiger partial charge on any atom is 0.124 e. The second-order valence-electron chi connectivity index (χ2n) is 5.79. The molecule has 0 bridgehead atoms. The topological polar surface area (TPSA) is 21.3 Å². The van der Waals surface area contributed by atoms with Crippen LogP contribution in [0.1, 0.15) is 23.6 Å². The molecular weight excluding hydrogens is 318 g/mol. The Bertz CT molecular complexity index is 783. The molecule has 0 aliphatic rings. The minimum atomic E-state index is 0. The van der Waals surface area contributed by atoms with Gasteiger partial charge in [0.2, 0.25) is 0 Å². The molecule has 0 amide bonds. The number of hydrogen-bond acceptors (Lipinski definition) is 2. The van der Waals surface area contributed by atoms with E-state index in [0.29, 0.717) is 6.61 Å². The van der Waals surface area contributed by atoms with Crippen molar-refractivity contribution in [3.05, 3.63) is 77.4 Å². The highest BCUT2D eigenvalue weighted by atomic mass is 35.5. The first-order chi connectivity index (χ1) is 11.3. The van der Waals surface area contributed by atoms with Crippen LogP contribution in [0.3, 0.4) is 0 Å². The molecule has 126 valence electrons. The minimum absolute atomic E-state index is 0. The van der Waals surface area contributed by atoms with E-state index in [1.165, 1.54) is 27.5 Å². The maximum absolute atomic E-state index is 5.82. The van der Waals surface area contributed by atoms with Gasteiger partial charge in [-0.3, -0.25) is 0 Å². The fourth-order valence-electron chi connectivity index (χ4n) is 2.83. The van der Waals surface area contributed by atoms with Gasteiger partial charge >= 0.3 is 0 Å². The average Bonchev–Trinajstić information content (AvgIpc) is 2.58. The van der Waals surface area contributed by atoms with Gasteiger partial charge < -0.3 is 10.1 Å². The monoisotopic (exact) mass is 341 g/mol. The first-order valence-electron chi connectivity index (χ1n) is 8.17. The molecule has 0 aromatic heterocycles. The minimum Gasteiger partial charge on any atom is -0.494 e. The standard InChI is InChI=1S/C21H23NO.ClH/c1-3-23-21-13-12-18-6-4-5-7-19(18)20(21)15-22-14-17-10-8-16(2)9-11-17;/h4-13,22H,3,14-15H2,1-2H3;1H. The fourth-order valence-corrected chi connectivity index (χ4v) is 2.83. The Kier molecular flexibility index (Phi) is 6.65. The molecule has 0 fully saturated rings. The van der Waals surface area contributed by atoms with Crippen molar-refractivity contribution in [1.29, 1.82) is 0 Å².